The van der Waals surface area contributed by atoms with Crippen LogP contribution in [0, 0.1) is 5.92 Å². The van der Waals surface area contributed by atoms with Gasteiger partial charge in [-0.15, -0.1) is 0 Å². The largest absolute Gasteiger partial charge is 0.350 e. The van der Waals surface area contributed by atoms with Gasteiger partial charge in [0.2, 0.25) is 11.8 Å². The van der Waals surface area contributed by atoms with E-state index < -0.39 is 5.92 Å². The topological polar surface area (TPSA) is 78.5 Å². The van der Waals surface area contributed by atoms with Crippen molar-refractivity contribution in [2.45, 2.75) is 52.5 Å². The molecule has 6 nitrogen and oxygen atoms in total. The molecule has 7 heteroatoms. The number of anilines is 2. The minimum absolute atomic E-state index is 0.00925. The molecule has 2 unspecified atom stereocenters. The zero-order chi connectivity index (χ0) is 23.4. The first-order chi connectivity index (χ1) is 15.2. The molecular formula is C25H30ClN3O3. The van der Waals surface area contributed by atoms with E-state index in [2.05, 4.69) is 24.5 Å². The van der Waals surface area contributed by atoms with Crippen molar-refractivity contribution in [3.8, 4) is 0 Å². The Hall–Kier alpha value is -2.86. The van der Waals surface area contributed by atoms with Crippen molar-refractivity contribution in [1.29, 1.82) is 0 Å². The summed E-state index contributed by atoms with van der Waals surface area (Å²) in [6.07, 6.45) is 1.09. The van der Waals surface area contributed by atoms with Gasteiger partial charge in [-0.2, -0.15) is 0 Å². The van der Waals surface area contributed by atoms with Gasteiger partial charge in [-0.1, -0.05) is 43.6 Å². The minimum Gasteiger partial charge on any atom is -0.350 e. The molecule has 3 amide bonds. The Bertz CT molecular complexity index is 1020. The first-order valence-corrected chi connectivity index (χ1v) is 11.4. The van der Waals surface area contributed by atoms with E-state index in [4.69, 9.17) is 11.6 Å². The summed E-state index contributed by atoms with van der Waals surface area (Å²) in [5.41, 5.74) is 2.74. The second-order valence-corrected chi connectivity index (χ2v) is 8.99. The van der Waals surface area contributed by atoms with Gasteiger partial charge >= 0.3 is 0 Å². The molecule has 2 aromatic carbocycles. The maximum absolute atomic E-state index is 13.0. The van der Waals surface area contributed by atoms with Gasteiger partial charge in [0.25, 0.3) is 5.91 Å². The van der Waals surface area contributed by atoms with Gasteiger partial charge in [-0.25, -0.2) is 0 Å². The Morgan fingerprint density at radius 2 is 1.88 bits per heavy atom. The normalized spacial score (nSPS) is 16.9. The van der Waals surface area contributed by atoms with Crippen LogP contribution in [0.5, 0.6) is 0 Å². The summed E-state index contributed by atoms with van der Waals surface area (Å²) >= 11 is 6.26. The smallest absolute Gasteiger partial charge is 0.251 e. The van der Waals surface area contributed by atoms with E-state index in [0.29, 0.717) is 28.7 Å². The van der Waals surface area contributed by atoms with E-state index in [1.165, 1.54) is 0 Å². The van der Waals surface area contributed by atoms with E-state index >= 15 is 0 Å². The second kappa shape index (κ2) is 10.2. The zero-order valence-corrected chi connectivity index (χ0v) is 19.7. The molecule has 1 fully saturated rings. The highest BCUT2D eigenvalue weighted by molar-refractivity contribution is 6.34. The van der Waals surface area contributed by atoms with E-state index in [9.17, 15) is 14.4 Å². The van der Waals surface area contributed by atoms with Crippen LogP contribution in [0.4, 0.5) is 11.4 Å². The van der Waals surface area contributed by atoms with Crippen molar-refractivity contribution >= 4 is 40.7 Å². The Morgan fingerprint density at radius 3 is 2.56 bits per heavy atom. The SMILES string of the molecule is CCC(C)c1ccccc1N1CC(C(=O)Nc2cc(C(=O)NC(C)C)ccc2Cl)CC1=O. The summed E-state index contributed by atoms with van der Waals surface area (Å²) in [4.78, 5) is 39.8. The van der Waals surface area contributed by atoms with Gasteiger partial charge < -0.3 is 15.5 Å². The van der Waals surface area contributed by atoms with Crippen LogP contribution in [0.3, 0.4) is 0 Å². The van der Waals surface area contributed by atoms with Gasteiger partial charge in [0.1, 0.15) is 0 Å². The quantitative estimate of drug-likeness (QED) is 0.617. The molecule has 0 radical (unpaired) electrons. The van der Waals surface area contributed by atoms with Crippen molar-refractivity contribution in [2.75, 3.05) is 16.8 Å². The van der Waals surface area contributed by atoms with Gasteiger partial charge in [-0.3, -0.25) is 14.4 Å². The first kappa shape index (κ1) is 23.8. The molecule has 0 saturated carbocycles. The van der Waals surface area contributed by atoms with Crippen LogP contribution in [0.25, 0.3) is 0 Å². The molecule has 2 aromatic rings. The monoisotopic (exact) mass is 455 g/mol. The molecule has 0 bridgehead atoms. The Kier molecular flexibility index (Phi) is 7.56. The highest BCUT2D eigenvalue weighted by Crippen LogP contribution is 2.34. The first-order valence-electron chi connectivity index (χ1n) is 11.0. The third-order valence-electron chi connectivity index (χ3n) is 5.77. The fraction of sp³-hybridized carbons (Fsp3) is 0.400. The van der Waals surface area contributed by atoms with Crippen molar-refractivity contribution in [3.05, 3.63) is 58.6 Å². The van der Waals surface area contributed by atoms with Crippen molar-refractivity contribution in [2.24, 2.45) is 5.92 Å². The number of hydrogen-bond donors (Lipinski definition) is 2. The van der Waals surface area contributed by atoms with Crippen LogP contribution < -0.4 is 15.5 Å². The molecule has 0 aliphatic carbocycles. The molecule has 1 saturated heterocycles. The summed E-state index contributed by atoms with van der Waals surface area (Å²) in [5, 5.41) is 5.96. The highest BCUT2D eigenvalue weighted by Gasteiger charge is 2.36. The standard InChI is InChI=1S/C25H30ClN3O3/c1-5-16(4)19-8-6-7-9-22(19)29-14-18(13-23(29)30)25(32)28-21-12-17(10-11-20(21)26)24(31)27-15(2)3/h6-12,15-16,18H,5,13-14H2,1-4H3,(H,27,31)(H,28,32). The van der Waals surface area contributed by atoms with Crippen LogP contribution in [0.1, 0.15) is 62.4 Å². The van der Waals surface area contributed by atoms with Crippen LogP contribution in [-0.4, -0.2) is 30.3 Å². The lowest BCUT2D eigenvalue weighted by molar-refractivity contribution is -0.122. The van der Waals surface area contributed by atoms with E-state index in [1.807, 2.05) is 38.1 Å². The Morgan fingerprint density at radius 1 is 1.16 bits per heavy atom. The molecule has 32 heavy (non-hydrogen) atoms. The number of carbonyl (C=O) groups is 3. The van der Waals surface area contributed by atoms with Gasteiger partial charge in [0.15, 0.2) is 0 Å². The van der Waals surface area contributed by atoms with Crippen LogP contribution in [0.15, 0.2) is 42.5 Å². The van der Waals surface area contributed by atoms with E-state index in [1.54, 1.807) is 23.1 Å². The minimum atomic E-state index is -0.503. The summed E-state index contributed by atoms with van der Waals surface area (Å²) in [7, 11) is 0. The molecule has 170 valence electrons. The second-order valence-electron chi connectivity index (χ2n) is 8.59. The number of carbonyl (C=O) groups excluding carboxylic acids is 3. The predicted octanol–water partition coefficient (Wildman–Crippen LogP) is 4.98. The van der Waals surface area contributed by atoms with E-state index in [0.717, 1.165) is 17.7 Å². The molecule has 0 aromatic heterocycles. The summed E-state index contributed by atoms with van der Waals surface area (Å²) in [6, 6.07) is 12.6. The Balaban J connectivity index is 1.76. The van der Waals surface area contributed by atoms with Crippen molar-refractivity contribution in [3.63, 3.8) is 0 Å². The molecule has 3 rings (SSSR count). The number of amides is 3. The zero-order valence-electron chi connectivity index (χ0n) is 18.9. The van der Waals surface area contributed by atoms with Crippen molar-refractivity contribution in [1.82, 2.24) is 5.32 Å². The molecule has 1 aliphatic heterocycles. The maximum Gasteiger partial charge on any atom is 0.251 e. The number of rotatable bonds is 7. The third kappa shape index (κ3) is 5.30. The molecule has 2 atom stereocenters. The maximum atomic E-state index is 13.0. The molecule has 1 heterocycles. The number of halogens is 1. The number of para-hydroxylation sites is 1. The van der Waals surface area contributed by atoms with Crippen LogP contribution in [-0.2, 0) is 9.59 Å². The predicted molar refractivity (Wildman–Crippen MR) is 128 cm³/mol. The highest BCUT2D eigenvalue weighted by atomic mass is 35.5. The lowest BCUT2D eigenvalue weighted by atomic mass is 9.96. The summed E-state index contributed by atoms with van der Waals surface area (Å²) in [5.74, 6) is -0.791. The van der Waals surface area contributed by atoms with Gasteiger partial charge in [0, 0.05) is 30.3 Å². The number of hydrogen-bond acceptors (Lipinski definition) is 3. The molecule has 2 N–H and O–H groups in total. The lowest BCUT2D eigenvalue weighted by Crippen LogP contribution is -2.30. The van der Waals surface area contributed by atoms with Crippen LogP contribution >= 0.6 is 11.6 Å². The molecule has 1 aliphatic rings. The average Bonchev–Trinajstić information content (AvgIpc) is 3.15. The Labute approximate surface area is 194 Å². The van der Waals surface area contributed by atoms with E-state index in [-0.39, 0.29) is 30.2 Å². The lowest BCUT2D eigenvalue weighted by Gasteiger charge is -2.23. The molecule has 0 spiro atoms. The third-order valence-corrected chi connectivity index (χ3v) is 6.10. The fourth-order valence-electron chi connectivity index (χ4n) is 3.83. The summed E-state index contributed by atoms with van der Waals surface area (Å²) in [6.45, 7) is 8.30. The number of nitrogens with zero attached hydrogens (tertiary/aromatic N) is 1. The van der Waals surface area contributed by atoms with Gasteiger partial charge in [-0.05, 0) is 56.0 Å². The van der Waals surface area contributed by atoms with Crippen LogP contribution in [0.2, 0.25) is 5.02 Å². The number of benzene rings is 2. The molecular weight excluding hydrogens is 426 g/mol. The number of nitrogens with one attached hydrogen (secondary N) is 2. The van der Waals surface area contributed by atoms with Gasteiger partial charge in [0.05, 0.1) is 16.6 Å². The average molecular weight is 456 g/mol. The summed E-state index contributed by atoms with van der Waals surface area (Å²) < 4.78 is 0. The fourth-order valence-corrected chi connectivity index (χ4v) is 3.99. The van der Waals surface area contributed by atoms with Crippen molar-refractivity contribution < 1.29 is 14.4 Å².